The van der Waals surface area contributed by atoms with Gasteiger partial charge in [-0.25, -0.2) is 4.79 Å². The van der Waals surface area contributed by atoms with Crippen molar-refractivity contribution in [3.63, 3.8) is 0 Å². The summed E-state index contributed by atoms with van der Waals surface area (Å²) in [5, 5.41) is 11.4. The zero-order valence-electron chi connectivity index (χ0n) is 7.31. The Morgan fingerprint density at radius 2 is 2.00 bits per heavy atom. The maximum atomic E-state index is 10.9. The van der Waals surface area contributed by atoms with E-state index in [1.165, 1.54) is 0 Å². The van der Waals surface area contributed by atoms with E-state index in [0.717, 1.165) is 0 Å². The van der Waals surface area contributed by atoms with Crippen molar-refractivity contribution >= 4 is 23.3 Å². The fourth-order valence-corrected chi connectivity index (χ4v) is 1.19. The van der Waals surface area contributed by atoms with Gasteiger partial charge in [0.1, 0.15) is 0 Å². The largest absolute Gasteiger partial charge is 0.479 e. The molecule has 0 heterocycles. The van der Waals surface area contributed by atoms with Crippen LogP contribution in [0.15, 0.2) is 30.3 Å². The van der Waals surface area contributed by atoms with Gasteiger partial charge in [-0.1, -0.05) is 30.3 Å². The number of hydrogen-bond donors (Lipinski definition) is 3. The summed E-state index contributed by atoms with van der Waals surface area (Å²) in [6.07, 6.45) is 0. The van der Waals surface area contributed by atoms with Crippen LogP contribution in [-0.4, -0.2) is 16.2 Å². The van der Waals surface area contributed by atoms with Crippen molar-refractivity contribution in [1.82, 2.24) is 5.32 Å². The van der Waals surface area contributed by atoms with E-state index < -0.39 is 12.0 Å². The fraction of sp³-hybridized carbons (Fsp3) is 0.111. The molecule has 0 bridgehead atoms. The second-order valence-corrected chi connectivity index (χ2v) is 3.13. The summed E-state index contributed by atoms with van der Waals surface area (Å²) in [4.78, 5) is 10.9. The van der Waals surface area contributed by atoms with Crippen LogP contribution in [0, 0.1) is 0 Å². The van der Waals surface area contributed by atoms with E-state index in [4.69, 9.17) is 10.8 Å². The molecule has 0 aromatic heterocycles. The molecule has 4 nitrogen and oxygen atoms in total. The van der Waals surface area contributed by atoms with E-state index in [1.807, 2.05) is 6.07 Å². The molecule has 14 heavy (non-hydrogen) atoms. The summed E-state index contributed by atoms with van der Waals surface area (Å²) in [6, 6.07) is 7.84. The van der Waals surface area contributed by atoms with E-state index in [9.17, 15) is 4.79 Å². The normalized spacial score (nSPS) is 11.7. The Morgan fingerprint density at radius 3 is 2.43 bits per heavy atom. The Bertz CT molecular complexity index is 340. The first-order valence-corrected chi connectivity index (χ1v) is 4.36. The molecule has 1 atom stereocenters. The minimum absolute atomic E-state index is 0.0266. The Kier molecular flexibility index (Phi) is 3.41. The summed E-state index contributed by atoms with van der Waals surface area (Å²) in [5.41, 5.74) is 5.84. The van der Waals surface area contributed by atoms with E-state index in [-0.39, 0.29) is 5.11 Å². The second-order valence-electron chi connectivity index (χ2n) is 2.69. The molecule has 1 aromatic carbocycles. The lowest BCUT2D eigenvalue weighted by Crippen LogP contribution is -2.37. The predicted molar refractivity (Wildman–Crippen MR) is 56.7 cm³/mol. The number of rotatable bonds is 3. The molecule has 0 aliphatic carbocycles. The highest BCUT2D eigenvalue weighted by Crippen LogP contribution is 2.11. The maximum absolute atomic E-state index is 10.9. The van der Waals surface area contributed by atoms with Gasteiger partial charge in [0, 0.05) is 0 Å². The third-order valence-corrected chi connectivity index (χ3v) is 1.78. The highest BCUT2D eigenvalue weighted by Gasteiger charge is 2.18. The Balaban J connectivity index is 2.89. The summed E-state index contributed by atoms with van der Waals surface area (Å²) < 4.78 is 0. The van der Waals surface area contributed by atoms with Crippen LogP contribution in [0.25, 0.3) is 0 Å². The highest BCUT2D eigenvalue weighted by molar-refractivity contribution is 7.80. The van der Waals surface area contributed by atoms with Crippen LogP contribution in [0.1, 0.15) is 11.6 Å². The van der Waals surface area contributed by atoms with E-state index in [0.29, 0.717) is 5.56 Å². The van der Waals surface area contributed by atoms with Gasteiger partial charge in [0.05, 0.1) is 0 Å². The number of hydrogen-bond acceptors (Lipinski definition) is 2. The predicted octanol–water partition coefficient (Wildman–Crippen LogP) is 0.645. The first-order valence-electron chi connectivity index (χ1n) is 3.95. The van der Waals surface area contributed by atoms with Crippen molar-refractivity contribution in [2.75, 3.05) is 0 Å². The van der Waals surface area contributed by atoms with Crippen molar-refractivity contribution in [3.05, 3.63) is 35.9 Å². The molecule has 4 N–H and O–H groups in total. The van der Waals surface area contributed by atoms with E-state index in [1.54, 1.807) is 24.3 Å². The lowest BCUT2D eigenvalue weighted by molar-refractivity contribution is -0.139. The molecule has 0 amide bonds. The monoisotopic (exact) mass is 210 g/mol. The lowest BCUT2D eigenvalue weighted by Gasteiger charge is -2.14. The fourth-order valence-electron chi connectivity index (χ4n) is 1.08. The SMILES string of the molecule is NC(=S)NC(C(=O)O)c1ccccc1. The number of carboxylic acids is 1. The molecule has 1 aromatic rings. The molecule has 1 rings (SSSR count). The van der Waals surface area contributed by atoms with Crippen LogP contribution in [0.2, 0.25) is 0 Å². The van der Waals surface area contributed by atoms with Gasteiger partial charge >= 0.3 is 5.97 Å². The summed E-state index contributed by atoms with van der Waals surface area (Å²) in [6.45, 7) is 0. The molecule has 74 valence electrons. The van der Waals surface area contributed by atoms with Crippen LogP contribution in [-0.2, 0) is 4.79 Å². The molecular weight excluding hydrogens is 200 g/mol. The van der Waals surface area contributed by atoms with Gasteiger partial charge in [0.2, 0.25) is 0 Å². The number of thiocarbonyl (C=S) groups is 1. The van der Waals surface area contributed by atoms with Crippen LogP contribution in [0.5, 0.6) is 0 Å². The van der Waals surface area contributed by atoms with Gasteiger partial charge in [-0.05, 0) is 17.8 Å². The number of nitrogens with two attached hydrogens (primary N) is 1. The molecule has 0 radical (unpaired) electrons. The molecule has 0 saturated carbocycles. The third kappa shape index (κ3) is 2.70. The van der Waals surface area contributed by atoms with Gasteiger partial charge in [-0.3, -0.25) is 0 Å². The zero-order valence-corrected chi connectivity index (χ0v) is 8.12. The Hall–Kier alpha value is -1.62. The van der Waals surface area contributed by atoms with Crippen LogP contribution < -0.4 is 11.1 Å². The molecule has 0 aliphatic rings. The highest BCUT2D eigenvalue weighted by atomic mass is 32.1. The molecule has 5 heteroatoms. The summed E-state index contributed by atoms with van der Waals surface area (Å²) in [7, 11) is 0. The van der Waals surface area contributed by atoms with E-state index in [2.05, 4.69) is 17.5 Å². The van der Waals surface area contributed by atoms with Crippen LogP contribution in [0.3, 0.4) is 0 Å². The number of carbonyl (C=O) groups is 1. The lowest BCUT2D eigenvalue weighted by atomic mass is 10.1. The Labute approximate surface area is 86.7 Å². The molecule has 0 saturated heterocycles. The molecule has 0 aliphatic heterocycles. The van der Waals surface area contributed by atoms with Crippen molar-refractivity contribution in [2.45, 2.75) is 6.04 Å². The first kappa shape index (κ1) is 10.5. The van der Waals surface area contributed by atoms with Crippen LogP contribution in [0.4, 0.5) is 0 Å². The van der Waals surface area contributed by atoms with Gasteiger partial charge in [0.25, 0.3) is 0 Å². The number of aliphatic carboxylic acids is 1. The third-order valence-electron chi connectivity index (χ3n) is 1.67. The minimum Gasteiger partial charge on any atom is -0.479 e. The smallest absolute Gasteiger partial charge is 0.330 e. The quantitative estimate of drug-likeness (QED) is 0.638. The topological polar surface area (TPSA) is 75.3 Å². The second kappa shape index (κ2) is 4.57. The van der Waals surface area contributed by atoms with Crippen molar-refractivity contribution in [1.29, 1.82) is 0 Å². The number of benzene rings is 1. The zero-order chi connectivity index (χ0) is 10.6. The van der Waals surface area contributed by atoms with Crippen molar-refractivity contribution < 1.29 is 9.90 Å². The summed E-state index contributed by atoms with van der Waals surface area (Å²) >= 11 is 4.59. The summed E-state index contributed by atoms with van der Waals surface area (Å²) in [5.74, 6) is -1.01. The molecule has 0 spiro atoms. The van der Waals surface area contributed by atoms with Gasteiger partial charge < -0.3 is 16.2 Å². The number of carboxylic acid groups (broad SMARTS) is 1. The van der Waals surface area contributed by atoms with Gasteiger partial charge in [0.15, 0.2) is 11.2 Å². The average Bonchev–Trinajstić information content (AvgIpc) is 2.15. The Morgan fingerprint density at radius 1 is 1.43 bits per heavy atom. The van der Waals surface area contributed by atoms with Gasteiger partial charge in [-0.2, -0.15) is 0 Å². The molecule has 1 unspecified atom stereocenters. The van der Waals surface area contributed by atoms with Crippen LogP contribution >= 0.6 is 12.2 Å². The number of nitrogens with one attached hydrogen (secondary N) is 1. The first-order chi connectivity index (χ1) is 6.61. The van der Waals surface area contributed by atoms with E-state index >= 15 is 0 Å². The van der Waals surface area contributed by atoms with Crippen molar-refractivity contribution in [2.24, 2.45) is 5.73 Å². The van der Waals surface area contributed by atoms with Gasteiger partial charge in [-0.15, -0.1) is 0 Å². The maximum Gasteiger partial charge on any atom is 0.330 e. The van der Waals surface area contributed by atoms with Crippen molar-refractivity contribution in [3.8, 4) is 0 Å². The minimum atomic E-state index is -1.01. The molecular formula is C9H10N2O2S. The average molecular weight is 210 g/mol. The standard InChI is InChI=1S/C9H10N2O2S/c10-9(14)11-7(8(12)13)6-4-2-1-3-5-6/h1-5,7H,(H,12,13)(H3,10,11,14). The molecule has 0 fully saturated rings.